The molecule has 3 rings (SSSR count). The maximum atomic E-state index is 13.1. The molecule has 3 aromatic rings. The Balaban J connectivity index is 1.75. The van der Waals surface area contributed by atoms with E-state index in [1.54, 1.807) is 12.3 Å². The van der Waals surface area contributed by atoms with Crippen LogP contribution in [-0.4, -0.2) is 4.98 Å². The minimum Gasteiger partial charge on any atom is -0.309 e. The molecule has 0 aliphatic heterocycles. The van der Waals surface area contributed by atoms with Gasteiger partial charge in [0.05, 0.1) is 5.52 Å². The Bertz CT molecular complexity index is 774. The number of aromatic nitrogens is 1. The molecule has 1 heterocycles. The van der Waals surface area contributed by atoms with Crippen LogP contribution < -0.4 is 5.32 Å². The van der Waals surface area contributed by atoms with Crippen molar-refractivity contribution in [3.8, 4) is 0 Å². The van der Waals surface area contributed by atoms with Crippen molar-refractivity contribution in [2.45, 2.75) is 13.1 Å². The normalized spacial score (nSPS) is 11.0. The van der Waals surface area contributed by atoms with Crippen LogP contribution in [0.3, 0.4) is 0 Å². The summed E-state index contributed by atoms with van der Waals surface area (Å²) >= 11 is 6.17. The van der Waals surface area contributed by atoms with Crippen molar-refractivity contribution < 1.29 is 4.39 Å². The van der Waals surface area contributed by atoms with E-state index in [0.717, 1.165) is 22.0 Å². The summed E-state index contributed by atoms with van der Waals surface area (Å²) in [7, 11) is 0. The highest BCUT2D eigenvalue weighted by atomic mass is 35.5. The first-order valence-electron chi connectivity index (χ1n) is 6.71. The first kappa shape index (κ1) is 14.0. The van der Waals surface area contributed by atoms with Crippen LogP contribution in [0.25, 0.3) is 10.9 Å². The second-order valence-electron chi connectivity index (χ2n) is 4.84. The zero-order valence-electron chi connectivity index (χ0n) is 11.3. The molecule has 0 atom stereocenters. The molecule has 106 valence electrons. The van der Waals surface area contributed by atoms with Crippen molar-refractivity contribution in [2.75, 3.05) is 0 Å². The quantitative estimate of drug-likeness (QED) is 0.776. The Labute approximate surface area is 127 Å². The number of rotatable bonds is 4. The fourth-order valence-electron chi connectivity index (χ4n) is 2.33. The van der Waals surface area contributed by atoms with E-state index in [2.05, 4.69) is 10.3 Å². The van der Waals surface area contributed by atoms with Crippen LogP contribution in [0.15, 0.2) is 54.7 Å². The van der Waals surface area contributed by atoms with E-state index >= 15 is 0 Å². The first-order chi connectivity index (χ1) is 10.2. The molecule has 0 unspecified atom stereocenters. The van der Waals surface area contributed by atoms with Crippen LogP contribution in [0.2, 0.25) is 5.02 Å². The van der Waals surface area contributed by atoms with E-state index in [4.69, 9.17) is 11.6 Å². The van der Waals surface area contributed by atoms with Crippen LogP contribution in [0.5, 0.6) is 0 Å². The monoisotopic (exact) mass is 300 g/mol. The molecule has 1 N–H and O–H groups in total. The predicted octanol–water partition coefficient (Wildman–Crippen LogP) is 4.32. The predicted molar refractivity (Wildman–Crippen MR) is 83.7 cm³/mol. The van der Waals surface area contributed by atoms with Crippen molar-refractivity contribution in [3.63, 3.8) is 0 Å². The fraction of sp³-hybridized carbons (Fsp3) is 0.118. The second kappa shape index (κ2) is 6.20. The Hall–Kier alpha value is -1.97. The molecule has 0 bridgehead atoms. The molecule has 0 radical (unpaired) electrons. The minimum atomic E-state index is -0.215. The lowest BCUT2D eigenvalue weighted by atomic mass is 10.1. The van der Waals surface area contributed by atoms with Crippen LogP contribution in [-0.2, 0) is 13.1 Å². The molecular formula is C17H14ClFN2. The highest BCUT2D eigenvalue weighted by molar-refractivity contribution is 6.35. The third kappa shape index (κ3) is 3.20. The Morgan fingerprint density at radius 3 is 2.81 bits per heavy atom. The van der Waals surface area contributed by atoms with E-state index in [0.29, 0.717) is 18.1 Å². The maximum Gasteiger partial charge on any atom is 0.123 e. The molecule has 21 heavy (non-hydrogen) atoms. The van der Waals surface area contributed by atoms with E-state index < -0.39 is 0 Å². The number of nitrogens with one attached hydrogen (secondary N) is 1. The maximum absolute atomic E-state index is 13.1. The Morgan fingerprint density at radius 2 is 1.95 bits per heavy atom. The Kier molecular flexibility index (Phi) is 4.13. The summed E-state index contributed by atoms with van der Waals surface area (Å²) in [5.41, 5.74) is 2.89. The zero-order chi connectivity index (χ0) is 14.7. The van der Waals surface area contributed by atoms with Gasteiger partial charge in [-0.15, -0.1) is 0 Å². The number of benzene rings is 2. The van der Waals surface area contributed by atoms with Gasteiger partial charge in [0.25, 0.3) is 0 Å². The van der Waals surface area contributed by atoms with Gasteiger partial charge in [0.15, 0.2) is 0 Å². The molecule has 0 spiro atoms. The fourth-order valence-corrected chi connectivity index (χ4v) is 2.54. The van der Waals surface area contributed by atoms with Crippen molar-refractivity contribution >= 4 is 22.5 Å². The number of hydrogen-bond donors (Lipinski definition) is 1. The second-order valence-corrected chi connectivity index (χ2v) is 5.25. The number of pyridine rings is 1. The number of hydrogen-bond acceptors (Lipinski definition) is 2. The molecule has 0 fully saturated rings. The van der Waals surface area contributed by atoms with Gasteiger partial charge >= 0.3 is 0 Å². The molecule has 2 nitrogen and oxygen atoms in total. The van der Waals surface area contributed by atoms with Gasteiger partial charge in [-0.3, -0.25) is 4.98 Å². The number of nitrogens with zero attached hydrogens (tertiary/aromatic N) is 1. The van der Waals surface area contributed by atoms with Gasteiger partial charge in [0.2, 0.25) is 0 Å². The van der Waals surface area contributed by atoms with E-state index in [9.17, 15) is 4.39 Å². The molecule has 0 aliphatic carbocycles. The van der Waals surface area contributed by atoms with Crippen molar-refractivity contribution in [1.29, 1.82) is 0 Å². The third-order valence-corrected chi connectivity index (χ3v) is 3.66. The molecule has 0 amide bonds. The van der Waals surface area contributed by atoms with Crippen LogP contribution in [0.1, 0.15) is 11.1 Å². The van der Waals surface area contributed by atoms with Crippen LogP contribution in [0.4, 0.5) is 4.39 Å². The molecule has 0 saturated heterocycles. The lowest BCUT2D eigenvalue weighted by Gasteiger charge is -2.09. The van der Waals surface area contributed by atoms with E-state index in [1.165, 1.54) is 12.1 Å². The average molecular weight is 301 g/mol. The van der Waals surface area contributed by atoms with E-state index in [1.807, 2.05) is 30.3 Å². The summed E-state index contributed by atoms with van der Waals surface area (Å²) in [6.45, 7) is 1.26. The summed E-state index contributed by atoms with van der Waals surface area (Å²) in [6.07, 6.45) is 1.76. The molecule has 2 aromatic carbocycles. The highest BCUT2D eigenvalue weighted by Crippen LogP contribution is 2.24. The van der Waals surface area contributed by atoms with Crippen LogP contribution >= 0.6 is 11.6 Å². The van der Waals surface area contributed by atoms with Crippen molar-refractivity contribution in [3.05, 3.63) is 76.7 Å². The molecular weight excluding hydrogens is 287 g/mol. The van der Waals surface area contributed by atoms with Gasteiger partial charge in [-0.25, -0.2) is 4.39 Å². The number of halogens is 2. The molecule has 0 aliphatic rings. The first-order valence-corrected chi connectivity index (χ1v) is 7.09. The third-order valence-electron chi connectivity index (χ3n) is 3.33. The summed E-state index contributed by atoms with van der Waals surface area (Å²) < 4.78 is 13.1. The highest BCUT2D eigenvalue weighted by Gasteiger charge is 2.05. The molecule has 1 aromatic heterocycles. The van der Waals surface area contributed by atoms with Crippen molar-refractivity contribution in [1.82, 2.24) is 10.3 Å². The standard InChI is InChI=1S/C17H14ClFN2/c18-16-7-6-13(17-15(16)5-2-8-21-17)11-20-10-12-3-1-4-14(19)9-12/h1-9,20H,10-11H2. The zero-order valence-corrected chi connectivity index (χ0v) is 12.1. The molecule has 4 heteroatoms. The topological polar surface area (TPSA) is 24.9 Å². The number of fused-ring (bicyclic) bond motifs is 1. The summed E-state index contributed by atoms with van der Waals surface area (Å²) in [5.74, 6) is -0.215. The van der Waals surface area contributed by atoms with Gasteiger partial charge in [0.1, 0.15) is 5.82 Å². The summed E-state index contributed by atoms with van der Waals surface area (Å²) in [6, 6.07) is 14.3. The van der Waals surface area contributed by atoms with Gasteiger partial charge in [-0.1, -0.05) is 29.8 Å². The summed E-state index contributed by atoms with van der Waals surface area (Å²) in [5, 5.41) is 4.96. The van der Waals surface area contributed by atoms with Gasteiger partial charge in [0, 0.05) is 29.7 Å². The smallest absolute Gasteiger partial charge is 0.123 e. The minimum absolute atomic E-state index is 0.215. The summed E-state index contributed by atoms with van der Waals surface area (Å²) in [4.78, 5) is 4.40. The van der Waals surface area contributed by atoms with Gasteiger partial charge < -0.3 is 5.32 Å². The Morgan fingerprint density at radius 1 is 1.05 bits per heavy atom. The molecule has 0 saturated carbocycles. The van der Waals surface area contributed by atoms with Crippen molar-refractivity contribution in [2.24, 2.45) is 0 Å². The van der Waals surface area contributed by atoms with Crippen LogP contribution in [0, 0.1) is 5.82 Å². The van der Waals surface area contributed by atoms with Gasteiger partial charge in [-0.05, 0) is 41.5 Å². The SMILES string of the molecule is Fc1cccc(CNCc2ccc(Cl)c3cccnc23)c1. The average Bonchev–Trinajstić information content (AvgIpc) is 2.50. The lowest BCUT2D eigenvalue weighted by Crippen LogP contribution is -2.13. The largest absolute Gasteiger partial charge is 0.309 e. The van der Waals surface area contributed by atoms with E-state index in [-0.39, 0.29) is 5.82 Å². The lowest BCUT2D eigenvalue weighted by molar-refractivity contribution is 0.620. The van der Waals surface area contributed by atoms with Gasteiger partial charge in [-0.2, -0.15) is 0 Å².